The third-order valence-electron chi connectivity index (χ3n) is 4.25. The Morgan fingerprint density at radius 3 is 2.89 bits per heavy atom. The number of rotatable bonds is 3. The fourth-order valence-electron chi connectivity index (χ4n) is 2.71. The number of amides is 1. The molecule has 2 N–H and O–H groups in total. The molecule has 0 spiro atoms. The van der Waals surface area contributed by atoms with Crippen LogP contribution in [0.4, 0.5) is 0 Å². The van der Waals surface area contributed by atoms with Gasteiger partial charge in [0.2, 0.25) is 0 Å². The molecule has 1 aromatic rings. The van der Waals surface area contributed by atoms with Crippen LogP contribution in [0.3, 0.4) is 0 Å². The lowest BCUT2D eigenvalue weighted by Gasteiger charge is -2.29. The van der Waals surface area contributed by atoms with E-state index >= 15 is 0 Å². The molecular weight excluding hydrogens is 236 g/mol. The molecule has 2 rings (SSSR count). The van der Waals surface area contributed by atoms with Crippen LogP contribution in [-0.2, 0) is 0 Å². The molecule has 1 amide bonds. The quantitative estimate of drug-likeness (QED) is 0.876. The molecule has 0 aliphatic carbocycles. The minimum absolute atomic E-state index is 0.0549. The zero-order valence-corrected chi connectivity index (χ0v) is 12.1. The van der Waals surface area contributed by atoms with Gasteiger partial charge < -0.3 is 10.6 Å². The van der Waals surface area contributed by atoms with E-state index < -0.39 is 0 Å². The van der Waals surface area contributed by atoms with E-state index in [1.165, 1.54) is 18.4 Å². The molecule has 1 aliphatic heterocycles. The van der Waals surface area contributed by atoms with Crippen molar-refractivity contribution in [2.24, 2.45) is 5.92 Å². The predicted molar refractivity (Wildman–Crippen MR) is 78.4 cm³/mol. The summed E-state index contributed by atoms with van der Waals surface area (Å²) in [6, 6.07) is 6.12. The standard InChI is InChI=1S/C16H24N2O/c1-11-6-4-8-15(12(11)2)16(19)18-13(3)14-7-5-9-17-10-14/h4,6,8,13-14,17H,5,7,9-10H2,1-3H3,(H,18,19). The summed E-state index contributed by atoms with van der Waals surface area (Å²) < 4.78 is 0. The second kappa shape index (κ2) is 6.20. The van der Waals surface area contributed by atoms with Crippen LogP contribution in [0.5, 0.6) is 0 Å². The number of aryl methyl sites for hydroxylation is 1. The lowest BCUT2D eigenvalue weighted by atomic mass is 9.92. The summed E-state index contributed by atoms with van der Waals surface area (Å²) in [4.78, 5) is 12.3. The zero-order chi connectivity index (χ0) is 13.8. The number of carbonyl (C=O) groups is 1. The van der Waals surface area contributed by atoms with Gasteiger partial charge in [-0.25, -0.2) is 0 Å². The van der Waals surface area contributed by atoms with Crippen LogP contribution in [0.2, 0.25) is 0 Å². The van der Waals surface area contributed by atoms with Crippen molar-refractivity contribution in [2.75, 3.05) is 13.1 Å². The predicted octanol–water partition coefficient (Wildman–Crippen LogP) is 2.42. The summed E-state index contributed by atoms with van der Waals surface area (Å²) in [6.45, 7) is 8.28. The van der Waals surface area contributed by atoms with Crippen LogP contribution in [0, 0.1) is 19.8 Å². The van der Waals surface area contributed by atoms with Gasteiger partial charge in [0.05, 0.1) is 0 Å². The molecule has 1 fully saturated rings. The number of benzene rings is 1. The van der Waals surface area contributed by atoms with Crippen LogP contribution in [-0.4, -0.2) is 25.0 Å². The van der Waals surface area contributed by atoms with Crippen molar-refractivity contribution in [2.45, 2.75) is 39.7 Å². The first-order valence-electron chi connectivity index (χ1n) is 7.17. The molecule has 1 heterocycles. The van der Waals surface area contributed by atoms with Gasteiger partial charge in [-0.3, -0.25) is 4.79 Å². The number of hydrogen-bond acceptors (Lipinski definition) is 2. The molecule has 0 bridgehead atoms. The monoisotopic (exact) mass is 260 g/mol. The van der Waals surface area contributed by atoms with Gasteiger partial charge in [-0.05, 0) is 69.8 Å². The zero-order valence-electron chi connectivity index (χ0n) is 12.1. The highest BCUT2D eigenvalue weighted by molar-refractivity contribution is 5.96. The highest BCUT2D eigenvalue weighted by Gasteiger charge is 2.22. The number of nitrogens with one attached hydrogen (secondary N) is 2. The van der Waals surface area contributed by atoms with Gasteiger partial charge in [0.25, 0.3) is 5.91 Å². The molecule has 0 radical (unpaired) electrons. The van der Waals surface area contributed by atoms with Crippen molar-refractivity contribution in [3.05, 3.63) is 34.9 Å². The van der Waals surface area contributed by atoms with Crippen LogP contribution in [0.25, 0.3) is 0 Å². The van der Waals surface area contributed by atoms with E-state index in [1.807, 2.05) is 32.0 Å². The van der Waals surface area contributed by atoms with Crippen molar-refractivity contribution in [3.63, 3.8) is 0 Å². The Hall–Kier alpha value is -1.35. The lowest BCUT2D eigenvalue weighted by Crippen LogP contribution is -2.44. The third kappa shape index (κ3) is 3.35. The Morgan fingerprint density at radius 2 is 2.21 bits per heavy atom. The molecule has 2 atom stereocenters. The highest BCUT2D eigenvalue weighted by Crippen LogP contribution is 2.16. The maximum atomic E-state index is 12.3. The Labute approximate surface area is 115 Å². The van der Waals surface area contributed by atoms with Crippen LogP contribution < -0.4 is 10.6 Å². The molecule has 3 nitrogen and oxygen atoms in total. The van der Waals surface area contributed by atoms with Gasteiger partial charge in [0.1, 0.15) is 0 Å². The van der Waals surface area contributed by atoms with Crippen LogP contribution in [0.15, 0.2) is 18.2 Å². The molecule has 1 saturated heterocycles. The first-order chi connectivity index (χ1) is 9.09. The molecule has 0 aromatic heterocycles. The molecule has 1 aliphatic rings. The molecule has 3 heteroatoms. The van der Waals surface area contributed by atoms with Gasteiger partial charge in [0, 0.05) is 11.6 Å². The second-order valence-corrected chi connectivity index (χ2v) is 5.62. The average Bonchev–Trinajstić information content (AvgIpc) is 2.42. The van der Waals surface area contributed by atoms with Crippen molar-refractivity contribution < 1.29 is 4.79 Å². The molecular formula is C16H24N2O. The average molecular weight is 260 g/mol. The van der Waals surface area contributed by atoms with Crippen molar-refractivity contribution in [1.82, 2.24) is 10.6 Å². The van der Waals surface area contributed by atoms with Crippen molar-refractivity contribution in [3.8, 4) is 0 Å². The summed E-state index contributed by atoms with van der Waals surface area (Å²) in [6.07, 6.45) is 2.40. The smallest absolute Gasteiger partial charge is 0.251 e. The summed E-state index contributed by atoms with van der Waals surface area (Å²) in [5, 5.41) is 6.55. The van der Waals surface area contributed by atoms with E-state index in [0.717, 1.165) is 24.2 Å². The third-order valence-corrected chi connectivity index (χ3v) is 4.25. The van der Waals surface area contributed by atoms with Crippen LogP contribution in [0.1, 0.15) is 41.3 Å². The van der Waals surface area contributed by atoms with Gasteiger partial charge in [0.15, 0.2) is 0 Å². The molecule has 104 valence electrons. The minimum atomic E-state index is 0.0549. The van der Waals surface area contributed by atoms with E-state index in [4.69, 9.17) is 0 Å². The maximum Gasteiger partial charge on any atom is 0.251 e. The van der Waals surface area contributed by atoms with Gasteiger partial charge in [-0.2, -0.15) is 0 Å². The van der Waals surface area contributed by atoms with Gasteiger partial charge >= 0.3 is 0 Å². The van der Waals surface area contributed by atoms with Crippen molar-refractivity contribution in [1.29, 1.82) is 0 Å². The number of hydrogen-bond donors (Lipinski definition) is 2. The number of carbonyl (C=O) groups excluding carboxylic acids is 1. The Bertz CT molecular complexity index is 450. The Balaban J connectivity index is 2.02. The summed E-state index contributed by atoms with van der Waals surface area (Å²) >= 11 is 0. The molecule has 19 heavy (non-hydrogen) atoms. The largest absolute Gasteiger partial charge is 0.349 e. The van der Waals surface area contributed by atoms with Crippen molar-refractivity contribution >= 4 is 5.91 Å². The number of piperidine rings is 1. The fourth-order valence-corrected chi connectivity index (χ4v) is 2.71. The normalized spacial score (nSPS) is 20.9. The Morgan fingerprint density at radius 1 is 1.42 bits per heavy atom. The first-order valence-corrected chi connectivity index (χ1v) is 7.17. The topological polar surface area (TPSA) is 41.1 Å². The fraction of sp³-hybridized carbons (Fsp3) is 0.562. The molecule has 0 saturated carbocycles. The van der Waals surface area contributed by atoms with E-state index in [9.17, 15) is 4.79 Å². The molecule has 1 aromatic carbocycles. The summed E-state index contributed by atoms with van der Waals surface area (Å²) in [5.74, 6) is 0.599. The summed E-state index contributed by atoms with van der Waals surface area (Å²) in [7, 11) is 0. The second-order valence-electron chi connectivity index (χ2n) is 5.62. The van der Waals surface area contributed by atoms with Crippen LogP contribution >= 0.6 is 0 Å². The Kier molecular flexibility index (Phi) is 4.59. The van der Waals surface area contributed by atoms with Gasteiger partial charge in [-0.15, -0.1) is 0 Å². The van der Waals surface area contributed by atoms with E-state index in [-0.39, 0.29) is 11.9 Å². The first kappa shape index (κ1) is 14.1. The SMILES string of the molecule is Cc1cccc(C(=O)NC(C)C2CCCNC2)c1C. The summed E-state index contributed by atoms with van der Waals surface area (Å²) in [5.41, 5.74) is 3.05. The van der Waals surface area contributed by atoms with E-state index in [2.05, 4.69) is 17.6 Å². The van der Waals surface area contributed by atoms with E-state index in [0.29, 0.717) is 5.92 Å². The van der Waals surface area contributed by atoms with Gasteiger partial charge in [-0.1, -0.05) is 12.1 Å². The lowest BCUT2D eigenvalue weighted by molar-refractivity contribution is 0.0921. The molecule has 2 unspecified atom stereocenters. The van der Waals surface area contributed by atoms with E-state index in [1.54, 1.807) is 0 Å². The maximum absolute atomic E-state index is 12.3. The highest BCUT2D eigenvalue weighted by atomic mass is 16.1. The minimum Gasteiger partial charge on any atom is -0.349 e.